The number of hydrogen-bond acceptors (Lipinski definition) is 7. The van der Waals surface area contributed by atoms with Gasteiger partial charge in [-0.1, -0.05) is 56.3 Å². The van der Waals surface area contributed by atoms with Gasteiger partial charge in [-0.2, -0.15) is 0 Å². The van der Waals surface area contributed by atoms with E-state index in [4.69, 9.17) is 5.73 Å². The first-order valence-corrected chi connectivity index (χ1v) is 15.0. The largest absolute Gasteiger partial charge is 0.465 e. The summed E-state index contributed by atoms with van der Waals surface area (Å²) >= 11 is 1.47. The number of anilines is 1. The van der Waals surface area contributed by atoms with Crippen LogP contribution in [0.1, 0.15) is 41.4 Å². The predicted octanol–water partition coefficient (Wildman–Crippen LogP) is 4.38. The summed E-state index contributed by atoms with van der Waals surface area (Å²) in [7, 11) is -3.69. The Morgan fingerprint density at radius 2 is 1.62 bits per heavy atom. The Labute approximate surface area is 233 Å². The molecule has 0 unspecified atom stereocenters. The number of amides is 2. The normalized spacial score (nSPS) is 12.2. The number of nitrogen functional groups attached to an aromatic ring is 1. The van der Waals surface area contributed by atoms with Gasteiger partial charge in [0.05, 0.1) is 24.5 Å². The number of hydrogen-bond donors (Lipinski definition) is 4. The zero-order valence-corrected chi connectivity index (χ0v) is 23.6. The first-order chi connectivity index (χ1) is 18.3. The number of benzene rings is 3. The Bertz CT molecular complexity index is 1410. The fraction of sp³-hybridized carbons (Fsp3) is 0.286. The van der Waals surface area contributed by atoms with Crippen LogP contribution in [-0.2, 0) is 16.4 Å². The molecule has 3 aromatic rings. The molecule has 0 bridgehead atoms. The van der Waals surface area contributed by atoms with Crippen molar-refractivity contribution in [2.75, 3.05) is 25.1 Å². The second-order valence-electron chi connectivity index (χ2n) is 9.44. The zero-order valence-electron chi connectivity index (χ0n) is 22.0. The van der Waals surface area contributed by atoms with Crippen molar-refractivity contribution in [1.29, 1.82) is 0 Å². The highest BCUT2D eigenvalue weighted by Gasteiger charge is 2.19. The first-order valence-electron chi connectivity index (χ1n) is 12.3. The molecule has 5 N–H and O–H groups in total. The summed E-state index contributed by atoms with van der Waals surface area (Å²) in [6, 6.07) is 19.6. The van der Waals surface area contributed by atoms with Crippen molar-refractivity contribution in [3.63, 3.8) is 0 Å². The van der Waals surface area contributed by atoms with E-state index >= 15 is 0 Å². The number of aliphatic hydroxyl groups excluding tert-OH is 1. The van der Waals surface area contributed by atoms with E-state index in [0.717, 1.165) is 22.9 Å². The summed E-state index contributed by atoms with van der Waals surface area (Å²) in [5.41, 5.74) is 9.80. The standard InChI is InChI=1S/C28H33N3O6S2/c1-18(2)38-26-16-22(10-13-24(26)27(33)30-39(3,36)37)20-6-4-19(5-7-20)14-15-31(28(34)35)17-25(32)21-8-11-23(29)12-9-21/h4-13,16,18,25,32H,14-15,17,29H2,1-3H3,(H,30,33)(H,34,35)/t25-/m0/s1. The van der Waals surface area contributed by atoms with Crippen LogP contribution in [0, 0.1) is 0 Å². The highest BCUT2D eigenvalue weighted by Crippen LogP contribution is 2.32. The molecule has 3 rings (SSSR count). The average molecular weight is 572 g/mol. The molecule has 9 nitrogen and oxygen atoms in total. The third kappa shape index (κ3) is 9.02. The molecular formula is C28H33N3O6S2. The van der Waals surface area contributed by atoms with Crippen LogP contribution in [0.15, 0.2) is 71.6 Å². The number of aliphatic hydroxyl groups is 1. The molecule has 208 valence electrons. The Kier molecular flexibility index (Phi) is 10.0. The van der Waals surface area contributed by atoms with E-state index in [0.29, 0.717) is 22.6 Å². The summed E-state index contributed by atoms with van der Waals surface area (Å²) in [4.78, 5) is 26.1. The van der Waals surface area contributed by atoms with Gasteiger partial charge in [0.1, 0.15) is 0 Å². The number of carbonyl (C=O) groups excluding carboxylic acids is 1. The van der Waals surface area contributed by atoms with E-state index in [2.05, 4.69) is 0 Å². The second-order valence-corrected chi connectivity index (χ2v) is 12.8. The summed E-state index contributed by atoms with van der Waals surface area (Å²) < 4.78 is 25.1. The lowest BCUT2D eigenvalue weighted by Crippen LogP contribution is -2.35. The topological polar surface area (TPSA) is 150 Å². The van der Waals surface area contributed by atoms with Crippen molar-refractivity contribution < 1.29 is 28.2 Å². The number of nitrogens with one attached hydrogen (secondary N) is 1. The molecule has 3 aromatic carbocycles. The van der Waals surface area contributed by atoms with Gasteiger partial charge in [0.15, 0.2) is 0 Å². The highest BCUT2D eigenvalue weighted by molar-refractivity contribution is 8.00. The predicted molar refractivity (Wildman–Crippen MR) is 154 cm³/mol. The zero-order chi connectivity index (χ0) is 28.7. The Hall–Kier alpha value is -3.54. The molecule has 0 fully saturated rings. The van der Waals surface area contributed by atoms with E-state index in [9.17, 15) is 28.2 Å². The van der Waals surface area contributed by atoms with Gasteiger partial charge < -0.3 is 20.8 Å². The molecule has 0 aliphatic carbocycles. The molecule has 2 amide bonds. The van der Waals surface area contributed by atoms with Crippen molar-refractivity contribution in [1.82, 2.24) is 9.62 Å². The lowest BCUT2D eigenvalue weighted by atomic mass is 10.0. The number of thioether (sulfide) groups is 1. The molecule has 0 aliphatic heterocycles. The van der Waals surface area contributed by atoms with Gasteiger partial charge >= 0.3 is 6.09 Å². The summed E-state index contributed by atoms with van der Waals surface area (Å²) in [5, 5.41) is 20.3. The van der Waals surface area contributed by atoms with Crippen molar-refractivity contribution in [2.24, 2.45) is 0 Å². The fourth-order valence-corrected chi connectivity index (χ4v) is 5.33. The smallest absolute Gasteiger partial charge is 0.407 e. The maximum atomic E-state index is 12.5. The highest BCUT2D eigenvalue weighted by atomic mass is 32.2. The van der Waals surface area contributed by atoms with Gasteiger partial charge in [-0.15, -0.1) is 11.8 Å². The summed E-state index contributed by atoms with van der Waals surface area (Å²) in [5.74, 6) is -0.674. The molecule has 1 atom stereocenters. The minimum absolute atomic E-state index is 0.0626. The van der Waals surface area contributed by atoms with Crippen molar-refractivity contribution in [3.8, 4) is 11.1 Å². The summed E-state index contributed by atoms with van der Waals surface area (Å²) in [6.45, 7) is 4.12. The number of carbonyl (C=O) groups is 2. The quantitative estimate of drug-likeness (QED) is 0.196. The molecule has 0 aromatic heterocycles. The van der Waals surface area contributed by atoms with Gasteiger partial charge in [-0.3, -0.25) is 4.79 Å². The lowest BCUT2D eigenvalue weighted by molar-refractivity contribution is 0.0971. The molecule has 0 saturated carbocycles. The van der Waals surface area contributed by atoms with Gasteiger partial charge in [0, 0.05) is 22.4 Å². The number of nitrogens with two attached hydrogens (primary N) is 1. The number of sulfonamides is 1. The second kappa shape index (κ2) is 13.0. The number of rotatable bonds is 11. The fourth-order valence-electron chi connectivity index (χ4n) is 3.89. The van der Waals surface area contributed by atoms with E-state index < -0.39 is 28.1 Å². The maximum absolute atomic E-state index is 12.5. The first kappa shape index (κ1) is 30.0. The summed E-state index contributed by atoms with van der Waals surface area (Å²) in [6.07, 6.45) is -0.686. The maximum Gasteiger partial charge on any atom is 0.407 e. The van der Waals surface area contributed by atoms with Crippen LogP contribution < -0.4 is 10.5 Å². The van der Waals surface area contributed by atoms with Gasteiger partial charge in [0.25, 0.3) is 5.91 Å². The van der Waals surface area contributed by atoms with E-state index in [1.807, 2.05) is 48.9 Å². The average Bonchev–Trinajstić information content (AvgIpc) is 2.85. The number of carboxylic acid groups (broad SMARTS) is 1. The van der Waals surface area contributed by atoms with Gasteiger partial charge in [-0.25, -0.2) is 17.9 Å². The third-order valence-corrected chi connectivity index (χ3v) is 7.43. The molecule has 39 heavy (non-hydrogen) atoms. The Morgan fingerprint density at radius 1 is 1.00 bits per heavy atom. The van der Waals surface area contributed by atoms with Gasteiger partial charge in [-0.05, 0) is 52.9 Å². The van der Waals surface area contributed by atoms with E-state index in [-0.39, 0.29) is 23.9 Å². The van der Waals surface area contributed by atoms with Crippen molar-refractivity contribution in [2.45, 2.75) is 36.5 Å². The molecule has 0 radical (unpaired) electrons. The van der Waals surface area contributed by atoms with Gasteiger partial charge in [0.2, 0.25) is 10.0 Å². The minimum Gasteiger partial charge on any atom is -0.465 e. The Morgan fingerprint density at radius 3 is 2.18 bits per heavy atom. The van der Waals surface area contributed by atoms with Crippen LogP contribution in [0.3, 0.4) is 0 Å². The van der Waals surface area contributed by atoms with Crippen molar-refractivity contribution >= 4 is 39.5 Å². The van der Waals surface area contributed by atoms with Crippen LogP contribution in [0.4, 0.5) is 10.5 Å². The molecular weight excluding hydrogens is 538 g/mol. The molecule has 0 saturated heterocycles. The Balaban J connectivity index is 1.71. The molecule has 11 heteroatoms. The van der Waals surface area contributed by atoms with Crippen molar-refractivity contribution in [3.05, 3.63) is 83.4 Å². The van der Waals surface area contributed by atoms with Crippen LogP contribution in [0.25, 0.3) is 11.1 Å². The monoisotopic (exact) mass is 571 g/mol. The molecule has 0 aliphatic rings. The lowest BCUT2D eigenvalue weighted by Gasteiger charge is -2.23. The minimum atomic E-state index is -3.69. The van der Waals surface area contributed by atoms with E-state index in [1.54, 1.807) is 36.4 Å². The molecule has 0 heterocycles. The van der Waals surface area contributed by atoms with E-state index in [1.165, 1.54) is 16.7 Å². The SMILES string of the molecule is CC(C)Sc1cc(-c2ccc(CCN(C[C@H](O)c3ccc(N)cc3)C(=O)O)cc2)ccc1C(=O)NS(C)(=O)=O. The van der Waals surface area contributed by atoms with Crippen LogP contribution in [0.5, 0.6) is 0 Å². The van der Waals surface area contributed by atoms with Crippen LogP contribution >= 0.6 is 11.8 Å². The van der Waals surface area contributed by atoms with Crippen LogP contribution in [-0.4, -0.2) is 60.1 Å². The number of nitrogens with zero attached hydrogens (tertiary/aromatic N) is 1. The molecule has 0 spiro atoms. The third-order valence-electron chi connectivity index (χ3n) is 5.81. The van der Waals surface area contributed by atoms with Crippen LogP contribution in [0.2, 0.25) is 0 Å².